The van der Waals surface area contributed by atoms with Gasteiger partial charge < -0.3 is 19.4 Å². The molecule has 3 atom stereocenters. The number of aromatic amines is 1. The lowest BCUT2D eigenvalue weighted by Gasteiger charge is -2.57. The van der Waals surface area contributed by atoms with E-state index in [0.717, 1.165) is 42.1 Å². The van der Waals surface area contributed by atoms with Crippen molar-refractivity contribution in [1.82, 2.24) is 24.4 Å². The summed E-state index contributed by atoms with van der Waals surface area (Å²) in [7, 11) is 0. The summed E-state index contributed by atoms with van der Waals surface area (Å²) in [6.07, 6.45) is 23.5. The van der Waals surface area contributed by atoms with Crippen molar-refractivity contribution >= 4 is 46.8 Å². The van der Waals surface area contributed by atoms with Crippen LogP contribution in [0.15, 0.2) is 43.0 Å². The van der Waals surface area contributed by atoms with Crippen molar-refractivity contribution in [3.63, 3.8) is 0 Å². The van der Waals surface area contributed by atoms with Crippen LogP contribution in [0.5, 0.6) is 5.75 Å². The molecule has 6 aliphatic rings. The summed E-state index contributed by atoms with van der Waals surface area (Å²) in [5, 5.41) is 1.12. The second-order valence-corrected chi connectivity index (χ2v) is 17.0. The second kappa shape index (κ2) is 16.2. The van der Waals surface area contributed by atoms with Crippen molar-refractivity contribution < 1.29 is 19.1 Å². The standard InChI is InChI=1S/C25H34N2O2.C15H16Cl3N3O2/c1-2-29-24(28)22-21(26-23(27-22)20-11-15-3-4-19(20)10-15)5-6-25-12-16-7-17(13-25)9-18(8-16)14-25;1-2-4-20(15(22)21-5-3-19-10-21)6-7-23-14-12(17)8-11(16)9-13(14)18/h3-4,15-20H,2,5-14H2,1H3,(H,26,27);3,5,8-10H,2,4,6-7H2,1H3. The number of ether oxygens (including phenoxy) is 2. The van der Waals surface area contributed by atoms with Crippen LogP contribution in [0.25, 0.3) is 0 Å². The number of imidazole rings is 2. The van der Waals surface area contributed by atoms with E-state index >= 15 is 0 Å². The zero-order chi connectivity index (χ0) is 36.4. The lowest BCUT2D eigenvalue weighted by Crippen LogP contribution is -2.46. The zero-order valence-corrected chi connectivity index (χ0v) is 32.4. The summed E-state index contributed by atoms with van der Waals surface area (Å²) < 4.78 is 12.4. The summed E-state index contributed by atoms with van der Waals surface area (Å²) in [6.45, 7) is 5.57. The van der Waals surface area contributed by atoms with Gasteiger partial charge in [0, 0.05) is 35.6 Å². The molecule has 12 heteroatoms. The maximum atomic E-state index is 12.7. The minimum Gasteiger partial charge on any atom is -0.489 e. The van der Waals surface area contributed by atoms with Crippen molar-refractivity contribution in [3.8, 4) is 5.75 Å². The number of benzene rings is 1. The molecule has 280 valence electrons. The molecule has 52 heavy (non-hydrogen) atoms. The molecule has 1 N–H and O–H groups in total. The summed E-state index contributed by atoms with van der Waals surface area (Å²) in [4.78, 5) is 39.0. The molecule has 0 spiro atoms. The number of nitrogens with zero attached hydrogens (tertiary/aromatic N) is 4. The van der Waals surface area contributed by atoms with Crippen LogP contribution in [0.1, 0.15) is 106 Å². The number of fused-ring (bicyclic) bond motifs is 2. The van der Waals surface area contributed by atoms with E-state index in [1.165, 1.54) is 68.7 Å². The van der Waals surface area contributed by atoms with Crippen LogP contribution >= 0.6 is 34.8 Å². The highest BCUT2D eigenvalue weighted by atomic mass is 35.5. The topological polar surface area (TPSA) is 102 Å². The number of amides is 1. The van der Waals surface area contributed by atoms with E-state index in [1.54, 1.807) is 29.4 Å². The number of aromatic nitrogens is 4. The number of hydrogen-bond acceptors (Lipinski definition) is 6. The fraction of sp³-hybridized carbons (Fsp3) is 0.600. The minimum absolute atomic E-state index is 0.152. The highest BCUT2D eigenvalue weighted by Crippen LogP contribution is 2.61. The Balaban J connectivity index is 0.000000167. The molecule has 9 nitrogen and oxygen atoms in total. The van der Waals surface area contributed by atoms with Gasteiger partial charge in [-0.2, -0.15) is 0 Å². The summed E-state index contributed by atoms with van der Waals surface area (Å²) in [5.41, 5.74) is 2.14. The first kappa shape index (κ1) is 37.3. The molecule has 0 aliphatic heterocycles. The van der Waals surface area contributed by atoms with Gasteiger partial charge in [0.2, 0.25) is 0 Å². The quantitative estimate of drug-likeness (QED) is 0.145. The van der Waals surface area contributed by atoms with Gasteiger partial charge in [0.1, 0.15) is 18.8 Å². The van der Waals surface area contributed by atoms with Gasteiger partial charge in [0.05, 0.1) is 23.2 Å². The molecular formula is C40H50Cl3N5O4. The van der Waals surface area contributed by atoms with E-state index < -0.39 is 0 Å². The van der Waals surface area contributed by atoms with Crippen LogP contribution in [0, 0.1) is 35.0 Å². The van der Waals surface area contributed by atoms with E-state index in [1.807, 2.05) is 13.8 Å². The number of halogens is 3. The Bertz CT molecular complexity index is 1700. The fourth-order valence-corrected chi connectivity index (χ4v) is 11.2. The molecule has 0 saturated heterocycles. The molecule has 3 aromatic rings. The van der Waals surface area contributed by atoms with Gasteiger partial charge >= 0.3 is 12.0 Å². The fourth-order valence-electron chi connectivity index (χ4n) is 10.3. The molecule has 3 unspecified atom stereocenters. The van der Waals surface area contributed by atoms with E-state index in [-0.39, 0.29) is 18.6 Å². The Morgan fingerprint density at radius 2 is 1.69 bits per heavy atom. The Hall–Kier alpha value is -3.01. The normalized spacial score (nSPS) is 27.8. The number of allylic oxidation sites excluding steroid dienone is 2. The van der Waals surface area contributed by atoms with Gasteiger partial charge in [-0.15, -0.1) is 0 Å². The smallest absolute Gasteiger partial charge is 0.358 e. The first-order chi connectivity index (χ1) is 25.1. The van der Waals surface area contributed by atoms with Crippen LogP contribution in [0.2, 0.25) is 15.1 Å². The monoisotopic (exact) mass is 769 g/mol. The van der Waals surface area contributed by atoms with Gasteiger partial charge in [0.15, 0.2) is 11.4 Å². The average Bonchev–Trinajstić information content (AvgIpc) is 3.93. The van der Waals surface area contributed by atoms with E-state index in [4.69, 9.17) is 49.3 Å². The third-order valence-corrected chi connectivity index (χ3v) is 12.8. The second-order valence-electron chi connectivity index (χ2n) is 15.8. The lowest BCUT2D eigenvalue weighted by atomic mass is 9.48. The maximum absolute atomic E-state index is 12.7. The van der Waals surface area contributed by atoms with Crippen molar-refractivity contribution in [2.24, 2.45) is 35.0 Å². The van der Waals surface area contributed by atoms with Crippen molar-refractivity contribution in [2.45, 2.75) is 90.4 Å². The van der Waals surface area contributed by atoms with Gasteiger partial charge in [-0.1, -0.05) is 53.9 Å². The molecular weight excluding hydrogens is 721 g/mol. The van der Waals surface area contributed by atoms with Gasteiger partial charge in [-0.25, -0.2) is 19.6 Å². The highest BCUT2D eigenvalue weighted by molar-refractivity contribution is 6.40. The number of H-pyrrole nitrogens is 1. The summed E-state index contributed by atoms with van der Waals surface area (Å²) >= 11 is 18.0. The van der Waals surface area contributed by atoms with Crippen molar-refractivity contribution in [1.29, 1.82) is 0 Å². The largest absolute Gasteiger partial charge is 0.489 e. The molecule has 6 bridgehead atoms. The number of carbonyl (C=O) groups excluding carboxylic acids is 2. The lowest BCUT2D eigenvalue weighted by molar-refractivity contribution is -0.0571. The number of esters is 1. The SMILES string of the molecule is CCCN(CCOc1c(Cl)cc(Cl)cc1Cl)C(=O)n1ccnc1.CCOC(=O)c1nc(C2CC3C=CC2C3)[nH]c1CCC12CC3CC(CC(C3)C1)C2. The molecule has 9 rings (SSSR count). The van der Waals surface area contributed by atoms with Crippen LogP contribution in [0.4, 0.5) is 4.79 Å². The molecule has 0 radical (unpaired) electrons. The van der Waals surface area contributed by atoms with Crippen LogP contribution < -0.4 is 4.74 Å². The molecule has 1 amide bonds. The predicted octanol–water partition coefficient (Wildman–Crippen LogP) is 10.0. The molecule has 5 fully saturated rings. The van der Waals surface area contributed by atoms with Gasteiger partial charge in [0.25, 0.3) is 0 Å². The molecule has 2 heterocycles. The number of carbonyl (C=O) groups is 2. The van der Waals surface area contributed by atoms with Crippen LogP contribution in [0.3, 0.4) is 0 Å². The summed E-state index contributed by atoms with van der Waals surface area (Å²) in [6, 6.07) is 2.97. The summed E-state index contributed by atoms with van der Waals surface area (Å²) in [5.74, 6) is 5.83. The molecule has 2 aromatic heterocycles. The highest BCUT2D eigenvalue weighted by Gasteiger charge is 2.50. The molecule has 1 aromatic carbocycles. The van der Waals surface area contributed by atoms with Crippen molar-refractivity contribution in [2.75, 3.05) is 26.3 Å². The number of aryl methyl sites for hydroxylation is 1. The Morgan fingerprint density at radius 3 is 2.27 bits per heavy atom. The van der Waals surface area contributed by atoms with E-state index in [0.29, 0.717) is 69.4 Å². The molecule has 5 saturated carbocycles. The van der Waals surface area contributed by atoms with Gasteiger partial charge in [-0.05, 0) is 125 Å². The predicted molar refractivity (Wildman–Crippen MR) is 203 cm³/mol. The van der Waals surface area contributed by atoms with Crippen LogP contribution in [-0.2, 0) is 11.2 Å². The third kappa shape index (κ3) is 8.22. The third-order valence-electron chi connectivity index (χ3n) is 12.0. The maximum Gasteiger partial charge on any atom is 0.358 e. The Morgan fingerprint density at radius 1 is 0.981 bits per heavy atom. The zero-order valence-electron chi connectivity index (χ0n) is 30.2. The first-order valence-corrected chi connectivity index (χ1v) is 20.3. The Labute approximate surface area is 321 Å². The van der Waals surface area contributed by atoms with E-state index in [9.17, 15) is 9.59 Å². The first-order valence-electron chi connectivity index (χ1n) is 19.1. The number of hydrogen-bond donors (Lipinski definition) is 1. The number of nitrogens with one attached hydrogen (secondary N) is 1. The van der Waals surface area contributed by atoms with E-state index in [2.05, 4.69) is 22.1 Å². The Kier molecular flexibility index (Phi) is 11.6. The average molecular weight is 771 g/mol. The van der Waals surface area contributed by atoms with Crippen molar-refractivity contribution in [3.05, 3.63) is 75.3 Å². The number of rotatable bonds is 12. The minimum atomic E-state index is -0.241. The van der Waals surface area contributed by atoms with Crippen LogP contribution in [-0.4, -0.2) is 62.7 Å². The van der Waals surface area contributed by atoms with Gasteiger partial charge in [-0.3, -0.25) is 4.57 Å². The molecule has 6 aliphatic carbocycles.